The number of hydrogen-bond acceptors (Lipinski definition) is 2. The van der Waals surface area contributed by atoms with Crippen molar-refractivity contribution in [3.8, 4) is 0 Å². The van der Waals surface area contributed by atoms with Gasteiger partial charge in [-0.1, -0.05) is 56.3 Å². The van der Waals surface area contributed by atoms with Crippen molar-refractivity contribution in [2.75, 3.05) is 13.6 Å². The van der Waals surface area contributed by atoms with Crippen LogP contribution < -0.4 is 5.32 Å². The Hall–Kier alpha value is -2.62. The largest absolute Gasteiger partial charge is 0.348 e. The molecule has 1 unspecified atom stereocenters. The third kappa shape index (κ3) is 3.79. The van der Waals surface area contributed by atoms with Crippen LogP contribution in [0, 0.1) is 0 Å². The lowest BCUT2D eigenvalue weighted by Gasteiger charge is -2.37. The fourth-order valence-electron chi connectivity index (χ4n) is 3.69. The standard InChI is InChI=1S/C22H26N2O2/c1-22(2)14-13-19(17-11-7-8-12-18(17)22)23-20(25)15-24(3)21(26)16-9-5-4-6-10-16/h4-12,19H,13-15H2,1-3H3,(H,23,25). The first-order valence-electron chi connectivity index (χ1n) is 9.08. The molecule has 4 nitrogen and oxygen atoms in total. The van der Waals surface area contributed by atoms with E-state index in [0.29, 0.717) is 5.56 Å². The van der Waals surface area contributed by atoms with Gasteiger partial charge in [-0.15, -0.1) is 0 Å². The molecule has 0 heterocycles. The first-order valence-corrected chi connectivity index (χ1v) is 9.08. The Balaban J connectivity index is 1.66. The Morgan fingerprint density at radius 1 is 1.08 bits per heavy atom. The summed E-state index contributed by atoms with van der Waals surface area (Å²) < 4.78 is 0. The van der Waals surface area contributed by atoms with E-state index in [9.17, 15) is 9.59 Å². The molecule has 3 rings (SSSR count). The molecular formula is C22H26N2O2. The van der Waals surface area contributed by atoms with Crippen LogP contribution >= 0.6 is 0 Å². The average molecular weight is 350 g/mol. The molecule has 2 aromatic rings. The van der Waals surface area contributed by atoms with E-state index in [-0.39, 0.29) is 29.8 Å². The number of carbonyl (C=O) groups is 2. The number of fused-ring (bicyclic) bond motifs is 1. The molecule has 0 bridgehead atoms. The minimum absolute atomic E-state index is 0.00644. The van der Waals surface area contributed by atoms with Gasteiger partial charge in [-0.05, 0) is 41.5 Å². The van der Waals surface area contributed by atoms with E-state index in [0.717, 1.165) is 12.8 Å². The first-order chi connectivity index (χ1) is 12.4. The summed E-state index contributed by atoms with van der Waals surface area (Å²) in [5.41, 5.74) is 3.20. The van der Waals surface area contributed by atoms with Gasteiger partial charge in [0.05, 0.1) is 12.6 Å². The zero-order valence-corrected chi connectivity index (χ0v) is 15.7. The molecule has 2 amide bonds. The molecule has 0 aromatic heterocycles. The molecule has 1 atom stereocenters. The quantitative estimate of drug-likeness (QED) is 0.914. The number of likely N-dealkylation sites (N-methyl/N-ethyl adjacent to an activating group) is 1. The molecule has 2 aromatic carbocycles. The highest BCUT2D eigenvalue weighted by molar-refractivity contribution is 5.96. The third-order valence-corrected chi connectivity index (χ3v) is 5.21. The topological polar surface area (TPSA) is 49.4 Å². The summed E-state index contributed by atoms with van der Waals surface area (Å²) in [6, 6.07) is 17.4. The molecule has 0 radical (unpaired) electrons. The summed E-state index contributed by atoms with van der Waals surface area (Å²) in [7, 11) is 1.66. The number of rotatable bonds is 4. The molecule has 0 aliphatic heterocycles. The normalized spacial score (nSPS) is 17.9. The van der Waals surface area contributed by atoms with E-state index in [1.165, 1.54) is 16.0 Å². The minimum Gasteiger partial charge on any atom is -0.348 e. The molecule has 26 heavy (non-hydrogen) atoms. The van der Waals surface area contributed by atoms with Crippen LogP contribution in [0.2, 0.25) is 0 Å². The highest BCUT2D eigenvalue weighted by Crippen LogP contribution is 2.41. The number of hydrogen-bond donors (Lipinski definition) is 1. The van der Waals surface area contributed by atoms with Crippen molar-refractivity contribution < 1.29 is 9.59 Å². The fraction of sp³-hybridized carbons (Fsp3) is 0.364. The number of amides is 2. The fourth-order valence-corrected chi connectivity index (χ4v) is 3.69. The van der Waals surface area contributed by atoms with Gasteiger partial charge >= 0.3 is 0 Å². The van der Waals surface area contributed by atoms with Crippen molar-refractivity contribution in [3.05, 3.63) is 71.3 Å². The zero-order chi connectivity index (χ0) is 18.7. The van der Waals surface area contributed by atoms with Crippen molar-refractivity contribution in [1.82, 2.24) is 10.2 Å². The second-order valence-corrected chi connectivity index (χ2v) is 7.66. The van der Waals surface area contributed by atoms with Crippen molar-refractivity contribution in [3.63, 3.8) is 0 Å². The highest BCUT2D eigenvalue weighted by Gasteiger charge is 2.33. The van der Waals surface area contributed by atoms with Gasteiger partial charge in [0.2, 0.25) is 5.91 Å². The second-order valence-electron chi connectivity index (χ2n) is 7.66. The SMILES string of the molecule is CN(CC(=O)NC1CCC(C)(C)c2ccccc21)C(=O)c1ccccc1. The van der Waals surface area contributed by atoms with E-state index in [1.807, 2.05) is 24.3 Å². The van der Waals surface area contributed by atoms with E-state index >= 15 is 0 Å². The monoisotopic (exact) mass is 350 g/mol. The maximum Gasteiger partial charge on any atom is 0.254 e. The lowest BCUT2D eigenvalue weighted by molar-refractivity contribution is -0.122. The van der Waals surface area contributed by atoms with Gasteiger partial charge in [-0.25, -0.2) is 0 Å². The Morgan fingerprint density at radius 2 is 1.73 bits per heavy atom. The predicted octanol–water partition coefficient (Wildman–Crippen LogP) is 3.69. The van der Waals surface area contributed by atoms with Gasteiger partial charge in [0, 0.05) is 12.6 Å². The second kappa shape index (κ2) is 7.32. The number of nitrogens with zero attached hydrogens (tertiary/aromatic N) is 1. The summed E-state index contributed by atoms with van der Waals surface area (Å²) >= 11 is 0. The van der Waals surface area contributed by atoms with Crippen LogP contribution in [0.5, 0.6) is 0 Å². The Morgan fingerprint density at radius 3 is 2.46 bits per heavy atom. The maximum atomic E-state index is 12.5. The molecular weight excluding hydrogens is 324 g/mol. The average Bonchev–Trinajstić information content (AvgIpc) is 2.64. The van der Waals surface area contributed by atoms with Gasteiger partial charge in [-0.2, -0.15) is 0 Å². The third-order valence-electron chi connectivity index (χ3n) is 5.21. The van der Waals surface area contributed by atoms with Crippen molar-refractivity contribution in [2.45, 2.75) is 38.1 Å². The number of carbonyl (C=O) groups excluding carboxylic acids is 2. The number of nitrogens with one attached hydrogen (secondary N) is 1. The van der Waals surface area contributed by atoms with Gasteiger partial charge < -0.3 is 10.2 Å². The van der Waals surface area contributed by atoms with Crippen LogP contribution in [0.1, 0.15) is 54.2 Å². The summed E-state index contributed by atoms with van der Waals surface area (Å²) in [4.78, 5) is 26.4. The summed E-state index contributed by atoms with van der Waals surface area (Å²) in [5.74, 6) is -0.276. The van der Waals surface area contributed by atoms with Crippen molar-refractivity contribution in [1.29, 1.82) is 0 Å². The highest BCUT2D eigenvalue weighted by atomic mass is 16.2. The van der Waals surface area contributed by atoms with Gasteiger partial charge in [0.1, 0.15) is 0 Å². The van der Waals surface area contributed by atoms with E-state index in [4.69, 9.17) is 0 Å². The molecule has 1 aliphatic rings. The van der Waals surface area contributed by atoms with Gasteiger partial charge in [-0.3, -0.25) is 9.59 Å². The van der Waals surface area contributed by atoms with Crippen LogP contribution in [0.25, 0.3) is 0 Å². The van der Waals surface area contributed by atoms with Crippen LogP contribution in [0.4, 0.5) is 0 Å². The Bertz CT molecular complexity index is 799. The van der Waals surface area contributed by atoms with Gasteiger partial charge in [0.15, 0.2) is 0 Å². The molecule has 1 aliphatic carbocycles. The van der Waals surface area contributed by atoms with Gasteiger partial charge in [0.25, 0.3) is 5.91 Å². The molecule has 136 valence electrons. The zero-order valence-electron chi connectivity index (χ0n) is 15.7. The van der Waals surface area contributed by atoms with Crippen LogP contribution in [0.3, 0.4) is 0 Å². The maximum absolute atomic E-state index is 12.5. The first kappa shape index (κ1) is 18.2. The van der Waals surface area contributed by atoms with E-state index < -0.39 is 0 Å². The summed E-state index contributed by atoms with van der Waals surface area (Å²) in [5, 5.41) is 3.12. The lowest BCUT2D eigenvalue weighted by atomic mass is 9.71. The molecule has 0 fully saturated rings. The van der Waals surface area contributed by atoms with Crippen LogP contribution in [0.15, 0.2) is 54.6 Å². The molecule has 0 saturated carbocycles. The predicted molar refractivity (Wildman–Crippen MR) is 103 cm³/mol. The molecule has 0 saturated heterocycles. The summed E-state index contributed by atoms with van der Waals surface area (Å²) in [6.07, 6.45) is 1.93. The summed E-state index contributed by atoms with van der Waals surface area (Å²) in [6.45, 7) is 4.54. The van der Waals surface area contributed by atoms with E-state index in [2.05, 4.69) is 37.4 Å². The van der Waals surface area contributed by atoms with Crippen LogP contribution in [-0.2, 0) is 10.2 Å². The van der Waals surface area contributed by atoms with Crippen molar-refractivity contribution >= 4 is 11.8 Å². The van der Waals surface area contributed by atoms with E-state index in [1.54, 1.807) is 19.2 Å². The Labute approximate surface area is 155 Å². The minimum atomic E-state index is -0.147. The number of benzene rings is 2. The van der Waals surface area contributed by atoms with Crippen molar-refractivity contribution in [2.24, 2.45) is 0 Å². The molecule has 1 N–H and O–H groups in total. The molecule has 4 heteroatoms. The Kier molecular flexibility index (Phi) is 5.12. The van der Waals surface area contributed by atoms with Crippen LogP contribution in [-0.4, -0.2) is 30.3 Å². The molecule has 0 spiro atoms. The lowest BCUT2D eigenvalue weighted by Crippen LogP contribution is -2.41. The smallest absolute Gasteiger partial charge is 0.254 e.